The highest BCUT2D eigenvalue weighted by Crippen LogP contribution is 2.38. The maximum atomic E-state index is 13.6. The summed E-state index contributed by atoms with van der Waals surface area (Å²) >= 11 is 8.98. The van der Waals surface area contributed by atoms with Crippen molar-refractivity contribution < 1.29 is 24.3 Å². The number of halogens is 1. The van der Waals surface area contributed by atoms with Crippen molar-refractivity contribution >= 4 is 75.8 Å². The lowest BCUT2D eigenvalue weighted by molar-refractivity contribution is -0.116. The van der Waals surface area contributed by atoms with Gasteiger partial charge in [0.05, 0.1) is 16.3 Å². The number of carbonyl (C=O) groups excluding carboxylic acids is 3. The van der Waals surface area contributed by atoms with Crippen LogP contribution in [-0.2, 0) is 9.59 Å². The fourth-order valence-electron chi connectivity index (χ4n) is 4.30. The van der Waals surface area contributed by atoms with E-state index < -0.39 is 28.9 Å². The van der Waals surface area contributed by atoms with Gasteiger partial charge in [-0.1, -0.05) is 66.2 Å². The Labute approximate surface area is 278 Å². The molecule has 46 heavy (non-hydrogen) atoms. The zero-order valence-electron chi connectivity index (χ0n) is 24.0. The first-order chi connectivity index (χ1) is 22.3. The minimum atomic E-state index is -1.15. The van der Waals surface area contributed by atoms with Gasteiger partial charge in [-0.05, 0) is 82.6 Å². The molecule has 0 aliphatic heterocycles. The highest BCUT2D eigenvalue weighted by atomic mass is 35.5. The van der Waals surface area contributed by atoms with Crippen molar-refractivity contribution in [3.63, 3.8) is 0 Å². The summed E-state index contributed by atoms with van der Waals surface area (Å²) in [6.07, 6.45) is 1.60. The first-order valence-corrected chi connectivity index (χ1v) is 16.0. The topological polar surface area (TPSA) is 125 Å². The van der Waals surface area contributed by atoms with E-state index in [2.05, 4.69) is 16.0 Å². The van der Waals surface area contributed by atoms with Crippen LogP contribution in [0.5, 0.6) is 0 Å². The molecule has 8 nitrogen and oxygen atoms in total. The van der Waals surface area contributed by atoms with Crippen LogP contribution in [0.2, 0.25) is 5.02 Å². The Kier molecular flexibility index (Phi) is 10.7. The Morgan fingerprint density at radius 1 is 0.804 bits per heavy atom. The summed E-state index contributed by atoms with van der Waals surface area (Å²) in [4.78, 5) is 52.1. The van der Waals surface area contributed by atoms with Crippen LogP contribution < -0.4 is 16.0 Å². The van der Waals surface area contributed by atoms with Gasteiger partial charge >= 0.3 is 5.97 Å². The summed E-state index contributed by atoms with van der Waals surface area (Å²) in [7, 11) is 0. The number of thiophene rings is 1. The summed E-state index contributed by atoms with van der Waals surface area (Å²) in [5.41, 5.74) is 2.55. The summed E-state index contributed by atoms with van der Waals surface area (Å²) in [6, 6.07) is 30.6. The van der Waals surface area contributed by atoms with E-state index in [1.165, 1.54) is 41.3 Å². The number of amides is 3. The van der Waals surface area contributed by atoms with Crippen LogP contribution in [0.4, 0.5) is 11.4 Å². The third-order valence-corrected chi connectivity index (χ3v) is 8.82. The number of benzene rings is 4. The molecule has 1 heterocycles. The highest BCUT2D eigenvalue weighted by molar-refractivity contribution is 8.00. The molecule has 0 bridgehead atoms. The molecule has 0 fully saturated rings. The van der Waals surface area contributed by atoms with E-state index in [1.54, 1.807) is 60.7 Å². The van der Waals surface area contributed by atoms with Crippen LogP contribution >= 0.6 is 34.7 Å². The quantitative estimate of drug-likeness (QED) is 0.0836. The van der Waals surface area contributed by atoms with E-state index in [0.29, 0.717) is 21.7 Å². The van der Waals surface area contributed by atoms with Crippen molar-refractivity contribution in [3.05, 3.63) is 153 Å². The minimum Gasteiger partial charge on any atom is -0.478 e. The van der Waals surface area contributed by atoms with Gasteiger partial charge in [0.15, 0.2) is 0 Å². The number of hydrogen-bond donors (Lipinski definition) is 4. The second kappa shape index (κ2) is 15.2. The SMILES string of the molecule is O=C(Nc1cccc(SC(C(=O)Nc2cc(C(=O)O)ccc2Cl)c2ccccc2)c1)/C(=C/c1ccsc1)NC(=O)c1ccccc1. The minimum absolute atomic E-state index is 0.0144. The number of carboxylic acid groups (broad SMARTS) is 1. The fraction of sp³-hybridized carbons (Fsp3) is 0.0286. The summed E-state index contributed by atoms with van der Waals surface area (Å²) in [5, 5.41) is 20.9. The average molecular weight is 668 g/mol. The molecule has 230 valence electrons. The number of carboxylic acids is 1. The molecule has 1 unspecified atom stereocenters. The lowest BCUT2D eigenvalue weighted by Crippen LogP contribution is -2.30. The molecule has 11 heteroatoms. The Morgan fingerprint density at radius 2 is 1.54 bits per heavy atom. The molecule has 4 N–H and O–H groups in total. The van der Waals surface area contributed by atoms with E-state index in [4.69, 9.17) is 11.6 Å². The molecule has 0 radical (unpaired) electrons. The monoisotopic (exact) mass is 667 g/mol. The largest absolute Gasteiger partial charge is 0.478 e. The van der Waals surface area contributed by atoms with Crippen molar-refractivity contribution in [2.75, 3.05) is 10.6 Å². The molecule has 0 spiro atoms. The summed E-state index contributed by atoms with van der Waals surface area (Å²) in [6.45, 7) is 0. The van der Waals surface area contributed by atoms with E-state index >= 15 is 0 Å². The third-order valence-electron chi connectivity index (χ3n) is 6.54. The van der Waals surface area contributed by atoms with E-state index in [-0.39, 0.29) is 22.0 Å². The van der Waals surface area contributed by atoms with Gasteiger partial charge in [-0.25, -0.2) is 4.79 Å². The molecule has 0 aliphatic rings. The van der Waals surface area contributed by atoms with Crippen LogP contribution in [-0.4, -0.2) is 28.8 Å². The van der Waals surface area contributed by atoms with Gasteiger partial charge in [-0.3, -0.25) is 14.4 Å². The fourth-order valence-corrected chi connectivity index (χ4v) is 6.17. The van der Waals surface area contributed by atoms with E-state index in [9.17, 15) is 24.3 Å². The molecule has 1 atom stereocenters. The molecule has 0 saturated carbocycles. The molecule has 4 aromatic carbocycles. The number of thioether (sulfide) groups is 1. The van der Waals surface area contributed by atoms with Crippen LogP contribution in [0, 0.1) is 0 Å². The maximum Gasteiger partial charge on any atom is 0.335 e. The van der Waals surface area contributed by atoms with E-state index in [0.717, 1.165) is 5.56 Å². The van der Waals surface area contributed by atoms with Crippen LogP contribution in [0.1, 0.15) is 37.1 Å². The number of aromatic carboxylic acids is 1. The molecule has 0 saturated heterocycles. The average Bonchev–Trinajstić information content (AvgIpc) is 3.58. The van der Waals surface area contributed by atoms with Crippen molar-refractivity contribution in [2.24, 2.45) is 0 Å². The number of anilines is 2. The van der Waals surface area contributed by atoms with Gasteiger partial charge in [0.25, 0.3) is 11.8 Å². The second-order valence-electron chi connectivity index (χ2n) is 9.81. The Hall–Kier alpha value is -5.16. The smallest absolute Gasteiger partial charge is 0.335 e. The lowest BCUT2D eigenvalue weighted by Gasteiger charge is -2.18. The Bertz CT molecular complexity index is 1900. The predicted molar refractivity (Wildman–Crippen MR) is 183 cm³/mol. The van der Waals surface area contributed by atoms with Gasteiger partial charge in [0, 0.05) is 16.1 Å². The van der Waals surface area contributed by atoms with Crippen molar-refractivity contribution in [1.29, 1.82) is 0 Å². The predicted octanol–water partition coefficient (Wildman–Crippen LogP) is 7.98. The van der Waals surface area contributed by atoms with E-state index in [1.807, 2.05) is 47.2 Å². The van der Waals surface area contributed by atoms with Crippen LogP contribution in [0.15, 0.2) is 131 Å². The summed E-state index contributed by atoms with van der Waals surface area (Å²) in [5.74, 6) is -2.51. The second-order valence-corrected chi connectivity index (χ2v) is 12.2. The van der Waals surface area contributed by atoms with Crippen LogP contribution in [0.3, 0.4) is 0 Å². The van der Waals surface area contributed by atoms with Crippen molar-refractivity contribution in [1.82, 2.24) is 5.32 Å². The first-order valence-electron chi connectivity index (χ1n) is 13.8. The number of rotatable bonds is 11. The van der Waals surface area contributed by atoms with Crippen molar-refractivity contribution in [3.8, 4) is 0 Å². The Balaban J connectivity index is 1.37. The lowest BCUT2D eigenvalue weighted by atomic mass is 10.1. The summed E-state index contributed by atoms with van der Waals surface area (Å²) < 4.78 is 0. The number of carbonyl (C=O) groups is 4. The Morgan fingerprint density at radius 3 is 2.24 bits per heavy atom. The van der Waals surface area contributed by atoms with Gasteiger partial charge in [0.2, 0.25) is 5.91 Å². The standard InChI is InChI=1S/C35H26ClN3O5S2/c36-28-15-14-25(35(43)44)19-29(28)38-34(42)31(23-8-3-1-4-9-23)46-27-13-7-12-26(20-27)37-33(41)30(18-22-16-17-45-21-22)39-32(40)24-10-5-2-6-11-24/h1-21,31H,(H,37,41)(H,38,42)(H,39,40)(H,43,44)/b30-18-. The first kappa shape index (κ1) is 32.2. The van der Waals surface area contributed by atoms with Crippen molar-refractivity contribution in [2.45, 2.75) is 10.1 Å². The van der Waals surface area contributed by atoms with Gasteiger partial charge in [-0.15, -0.1) is 11.8 Å². The molecular weight excluding hydrogens is 642 g/mol. The van der Waals surface area contributed by atoms with Gasteiger partial charge < -0.3 is 21.1 Å². The van der Waals surface area contributed by atoms with Gasteiger partial charge in [0.1, 0.15) is 10.9 Å². The molecule has 1 aromatic heterocycles. The molecule has 5 aromatic rings. The zero-order valence-corrected chi connectivity index (χ0v) is 26.4. The van der Waals surface area contributed by atoms with Crippen LogP contribution in [0.25, 0.3) is 6.08 Å². The zero-order chi connectivity index (χ0) is 32.5. The maximum absolute atomic E-state index is 13.6. The normalized spacial score (nSPS) is 11.7. The third kappa shape index (κ3) is 8.51. The van der Waals surface area contributed by atoms with Gasteiger partial charge in [-0.2, -0.15) is 11.3 Å². The number of nitrogens with one attached hydrogen (secondary N) is 3. The molecule has 3 amide bonds. The molecule has 5 rings (SSSR count). The molecule has 0 aliphatic carbocycles. The molecular formula is C35H26ClN3O5S2. The highest BCUT2D eigenvalue weighted by Gasteiger charge is 2.24. The number of hydrogen-bond acceptors (Lipinski definition) is 6.